The summed E-state index contributed by atoms with van der Waals surface area (Å²) in [6, 6.07) is 0. The van der Waals surface area contributed by atoms with Crippen molar-refractivity contribution in [2.24, 2.45) is 5.92 Å². The molecule has 1 N–H and O–H groups in total. The fraction of sp³-hybridized carbons (Fsp3) is 0.923. The van der Waals surface area contributed by atoms with Crippen molar-refractivity contribution in [3.05, 3.63) is 0 Å². The monoisotopic (exact) mass is 229 g/mol. The van der Waals surface area contributed by atoms with Crippen LogP contribution in [-0.2, 0) is 4.74 Å². The molecule has 0 saturated heterocycles. The molecule has 0 aromatic carbocycles. The highest BCUT2D eigenvalue weighted by Crippen LogP contribution is 2.12. The molecular weight excluding hydrogens is 202 g/mol. The van der Waals surface area contributed by atoms with Crippen molar-refractivity contribution in [3.63, 3.8) is 0 Å². The zero-order valence-electron chi connectivity index (χ0n) is 11.4. The van der Waals surface area contributed by atoms with Crippen LogP contribution in [0.3, 0.4) is 0 Å². The number of unbranched alkanes of at least 4 members (excludes halogenated alkanes) is 1. The number of rotatable bonds is 6. The first-order chi connectivity index (χ1) is 7.39. The van der Waals surface area contributed by atoms with E-state index in [1.165, 1.54) is 19.3 Å². The van der Waals surface area contributed by atoms with Gasteiger partial charge in [-0.1, -0.05) is 33.1 Å². The molecule has 16 heavy (non-hydrogen) atoms. The van der Waals surface area contributed by atoms with E-state index in [-0.39, 0.29) is 6.09 Å². The van der Waals surface area contributed by atoms with E-state index in [1.807, 2.05) is 20.8 Å². The van der Waals surface area contributed by atoms with Gasteiger partial charge in [0.1, 0.15) is 5.60 Å². The number of hydrogen-bond acceptors (Lipinski definition) is 2. The molecule has 0 saturated carbocycles. The largest absolute Gasteiger partial charge is 0.444 e. The molecule has 0 aliphatic heterocycles. The highest BCUT2D eigenvalue weighted by Gasteiger charge is 2.16. The highest BCUT2D eigenvalue weighted by atomic mass is 16.6. The Labute approximate surface area is 99.9 Å². The van der Waals surface area contributed by atoms with Crippen LogP contribution in [0.25, 0.3) is 0 Å². The number of alkyl carbamates (subject to hydrolysis) is 1. The molecule has 0 rings (SSSR count). The second-order valence-corrected chi connectivity index (χ2v) is 5.30. The van der Waals surface area contributed by atoms with Gasteiger partial charge in [-0.3, -0.25) is 0 Å². The van der Waals surface area contributed by atoms with Crippen molar-refractivity contribution in [3.8, 4) is 0 Å². The lowest BCUT2D eigenvalue weighted by molar-refractivity contribution is 0.0518. The molecule has 0 aliphatic carbocycles. The molecular formula is C13H27NO2. The predicted molar refractivity (Wildman–Crippen MR) is 67.5 cm³/mol. The molecule has 1 atom stereocenters. The van der Waals surface area contributed by atoms with E-state index in [0.717, 1.165) is 13.0 Å². The summed E-state index contributed by atoms with van der Waals surface area (Å²) in [7, 11) is 0. The summed E-state index contributed by atoms with van der Waals surface area (Å²) < 4.78 is 5.19. The van der Waals surface area contributed by atoms with Gasteiger partial charge in [-0.05, 0) is 33.1 Å². The number of ether oxygens (including phenoxy) is 1. The third-order valence-electron chi connectivity index (χ3n) is 2.48. The second-order valence-electron chi connectivity index (χ2n) is 5.30. The van der Waals surface area contributed by atoms with E-state index in [1.54, 1.807) is 0 Å². The van der Waals surface area contributed by atoms with Crippen molar-refractivity contribution in [2.45, 2.75) is 65.9 Å². The average molecular weight is 229 g/mol. The molecule has 0 fully saturated rings. The summed E-state index contributed by atoms with van der Waals surface area (Å²) in [5.74, 6) is 0.576. The first-order valence-electron chi connectivity index (χ1n) is 6.35. The van der Waals surface area contributed by atoms with Gasteiger partial charge in [-0.15, -0.1) is 0 Å². The van der Waals surface area contributed by atoms with Gasteiger partial charge in [-0.25, -0.2) is 4.79 Å². The van der Waals surface area contributed by atoms with Gasteiger partial charge in [0.25, 0.3) is 0 Å². The molecule has 0 aromatic heterocycles. The molecule has 96 valence electrons. The lowest BCUT2D eigenvalue weighted by atomic mass is 9.99. The molecule has 0 bridgehead atoms. The predicted octanol–water partition coefficient (Wildman–Crippen LogP) is 3.73. The number of amides is 1. The normalized spacial score (nSPS) is 13.3. The van der Waals surface area contributed by atoms with Crippen molar-refractivity contribution >= 4 is 6.09 Å². The molecule has 0 aliphatic rings. The van der Waals surface area contributed by atoms with E-state index in [9.17, 15) is 4.79 Å². The SMILES string of the molecule is CCCCC(CC)CNC(=O)OC(C)(C)C. The van der Waals surface area contributed by atoms with Crippen molar-refractivity contribution in [1.82, 2.24) is 5.32 Å². The zero-order valence-corrected chi connectivity index (χ0v) is 11.4. The molecule has 0 heterocycles. The van der Waals surface area contributed by atoms with Crippen molar-refractivity contribution in [1.29, 1.82) is 0 Å². The minimum atomic E-state index is -0.408. The Morgan fingerprint density at radius 1 is 1.31 bits per heavy atom. The topological polar surface area (TPSA) is 38.3 Å². The molecule has 3 heteroatoms. The maximum atomic E-state index is 11.4. The molecule has 1 amide bonds. The third-order valence-corrected chi connectivity index (χ3v) is 2.48. The number of nitrogens with one attached hydrogen (secondary N) is 1. The molecule has 3 nitrogen and oxygen atoms in total. The van der Waals surface area contributed by atoms with Crippen LogP contribution in [0.2, 0.25) is 0 Å². The Bertz CT molecular complexity index is 197. The summed E-state index contributed by atoms with van der Waals surface area (Å²) in [5, 5.41) is 2.84. The van der Waals surface area contributed by atoms with Crippen LogP contribution >= 0.6 is 0 Å². The Hall–Kier alpha value is -0.730. The fourth-order valence-corrected chi connectivity index (χ4v) is 1.49. The van der Waals surface area contributed by atoms with Crippen LogP contribution in [0.15, 0.2) is 0 Å². The van der Waals surface area contributed by atoms with Crippen LogP contribution < -0.4 is 5.32 Å². The number of carbonyl (C=O) groups is 1. The minimum Gasteiger partial charge on any atom is -0.444 e. The standard InChI is InChI=1S/C13H27NO2/c1-6-8-9-11(7-2)10-14-12(15)16-13(3,4)5/h11H,6-10H2,1-5H3,(H,14,15). The van der Waals surface area contributed by atoms with Gasteiger partial charge in [-0.2, -0.15) is 0 Å². The summed E-state index contributed by atoms with van der Waals surface area (Å²) in [4.78, 5) is 11.4. The third kappa shape index (κ3) is 8.57. The quantitative estimate of drug-likeness (QED) is 0.753. The maximum Gasteiger partial charge on any atom is 0.407 e. The van der Waals surface area contributed by atoms with Gasteiger partial charge >= 0.3 is 6.09 Å². The number of hydrogen-bond donors (Lipinski definition) is 1. The Balaban J connectivity index is 3.79. The van der Waals surface area contributed by atoms with Crippen LogP contribution in [0.1, 0.15) is 60.3 Å². The summed E-state index contributed by atoms with van der Waals surface area (Å²) in [6.45, 7) is 10.7. The minimum absolute atomic E-state index is 0.303. The highest BCUT2D eigenvalue weighted by molar-refractivity contribution is 5.67. The van der Waals surface area contributed by atoms with E-state index in [4.69, 9.17) is 4.74 Å². The van der Waals surface area contributed by atoms with Crippen LogP contribution in [0, 0.1) is 5.92 Å². The van der Waals surface area contributed by atoms with Gasteiger partial charge in [0.15, 0.2) is 0 Å². The Morgan fingerprint density at radius 3 is 2.38 bits per heavy atom. The molecule has 0 spiro atoms. The maximum absolute atomic E-state index is 11.4. The first-order valence-corrected chi connectivity index (χ1v) is 6.35. The summed E-state index contributed by atoms with van der Waals surface area (Å²) >= 11 is 0. The zero-order chi connectivity index (χ0) is 12.6. The average Bonchev–Trinajstić information content (AvgIpc) is 2.15. The van der Waals surface area contributed by atoms with Crippen molar-refractivity contribution in [2.75, 3.05) is 6.54 Å². The lowest BCUT2D eigenvalue weighted by Gasteiger charge is -2.21. The summed E-state index contributed by atoms with van der Waals surface area (Å²) in [5.41, 5.74) is -0.408. The summed E-state index contributed by atoms with van der Waals surface area (Å²) in [6.07, 6.45) is 4.43. The van der Waals surface area contributed by atoms with E-state index in [2.05, 4.69) is 19.2 Å². The molecule has 1 unspecified atom stereocenters. The van der Waals surface area contributed by atoms with Crippen molar-refractivity contribution < 1.29 is 9.53 Å². The lowest BCUT2D eigenvalue weighted by Crippen LogP contribution is -2.35. The van der Waals surface area contributed by atoms with Gasteiger partial charge in [0.05, 0.1) is 0 Å². The first kappa shape index (κ1) is 15.3. The Kier molecular flexibility index (Phi) is 7.18. The van der Waals surface area contributed by atoms with Gasteiger partial charge in [0, 0.05) is 6.54 Å². The van der Waals surface area contributed by atoms with E-state index in [0.29, 0.717) is 5.92 Å². The fourth-order valence-electron chi connectivity index (χ4n) is 1.49. The van der Waals surface area contributed by atoms with Gasteiger partial charge < -0.3 is 10.1 Å². The van der Waals surface area contributed by atoms with E-state index >= 15 is 0 Å². The van der Waals surface area contributed by atoms with E-state index < -0.39 is 5.60 Å². The number of carbonyl (C=O) groups excluding carboxylic acids is 1. The molecule has 0 aromatic rings. The Morgan fingerprint density at radius 2 is 1.94 bits per heavy atom. The smallest absolute Gasteiger partial charge is 0.407 e. The van der Waals surface area contributed by atoms with Gasteiger partial charge in [0.2, 0.25) is 0 Å². The van der Waals surface area contributed by atoms with Crippen LogP contribution in [0.5, 0.6) is 0 Å². The molecule has 0 radical (unpaired) electrons. The second kappa shape index (κ2) is 7.53. The van der Waals surface area contributed by atoms with Crippen LogP contribution in [-0.4, -0.2) is 18.2 Å². The van der Waals surface area contributed by atoms with Crippen LogP contribution in [0.4, 0.5) is 4.79 Å².